The van der Waals surface area contributed by atoms with Gasteiger partial charge in [0.2, 0.25) is 0 Å². The van der Waals surface area contributed by atoms with Crippen LogP contribution in [0.15, 0.2) is 67.0 Å². The number of rotatable bonds is 3. The fraction of sp³-hybridized carbons (Fsp3) is 0.320. The molecule has 1 aromatic carbocycles. The number of nitrogens with zero attached hydrogens (tertiary/aromatic N) is 5. The molecule has 0 amide bonds. The highest BCUT2D eigenvalue weighted by atomic mass is 15.4. The Kier molecular flexibility index (Phi) is 4.85. The number of aromatic nitrogens is 4. The Hall–Kier alpha value is -3.41. The first-order chi connectivity index (χ1) is 15.0. The SMILES string of the molecule is CC(C)(C)c1cc(N2CCN(c3cccc[nH+]3)CC2)n2ncc(-c3ccccc3)c2n1. The zero-order chi connectivity index (χ0) is 21.4. The van der Waals surface area contributed by atoms with E-state index in [2.05, 4.69) is 78.0 Å². The van der Waals surface area contributed by atoms with Gasteiger partial charge in [-0.2, -0.15) is 9.61 Å². The number of nitrogens with one attached hydrogen (secondary N) is 1. The van der Waals surface area contributed by atoms with Crippen LogP contribution >= 0.6 is 0 Å². The summed E-state index contributed by atoms with van der Waals surface area (Å²) in [6.07, 6.45) is 3.93. The lowest BCUT2D eigenvalue weighted by molar-refractivity contribution is -0.364. The predicted molar refractivity (Wildman–Crippen MR) is 125 cm³/mol. The van der Waals surface area contributed by atoms with Crippen molar-refractivity contribution in [3.63, 3.8) is 0 Å². The molecular weight excluding hydrogens is 384 g/mol. The molecular formula is C25H29N6+. The van der Waals surface area contributed by atoms with Crippen LogP contribution in [-0.4, -0.2) is 40.8 Å². The third-order valence-electron chi connectivity index (χ3n) is 5.94. The number of hydrogen-bond acceptors (Lipinski definition) is 4. The molecule has 0 unspecified atom stereocenters. The van der Waals surface area contributed by atoms with Gasteiger partial charge in [-0.05, 0) is 11.6 Å². The molecule has 1 aliphatic rings. The molecule has 3 aromatic heterocycles. The highest BCUT2D eigenvalue weighted by Crippen LogP contribution is 2.31. The van der Waals surface area contributed by atoms with E-state index >= 15 is 0 Å². The van der Waals surface area contributed by atoms with Crippen LogP contribution in [0.5, 0.6) is 0 Å². The molecule has 158 valence electrons. The summed E-state index contributed by atoms with van der Waals surface area (Å²) >= 11 is 0. The first kappa shape index (κ1) is 19.5. The molecule has 31 heavy (non-hydrogen) atoms. The van der Waals surface area contributed by atoms with Gasteiger partial charge in [0.1, 0.15) is 18.9 Å². The predicted octanol–water partition coefficient (Wildman–Crippen LogP) is 3.83. The number of H-pyrrole nitrogens is 1. The van der Waals surface area contributed by atoms with E-state index in [1.54, 1.807) is 0 Å². The maximum atomic E-state index is 5.06. The topological polar surface area (TPSA) is 50.8 Å². The molecule has 6 heteroatoms. The van der Waals surface area contributed by atoms with Crippen molar-refractivity contribution in [2.45, 2.75) is 26.2 Å². The Morgan fingerprint density at radius 2 is 1.58 bits per heavy atom. The highest BCUT2D eigenvalue weighted by molar-refractivity contribution is 5.78. The number of anilines is 2. The van der Waals surface area contributed by atoms with E-state index in [-0.39, 0.29) is 5.41 Å². The van der Waals surface area contributed by atoms with Crippen molar-refractivity contribution >= 4 is 17.3 Å². The maximum Gasteiger partial charge on any atom is 0.274 e. The summed E-state index contributed by atoms with van der Waals surface area (Å²) < 4.78 is 2.02. The van der Waals surface area contributed by atoms with Crippen LogP contribution in [-0.2, 0) is 5.41 Å². The average Bonchev–Trinajstić information content (AvgIpc) is 3.23. The van der Waals surface area contributed by atoms with Gasteiger partial charge in [0.15, 0.2) is 5.65 Å². The third kappa shape index (κ3) is 3.74. The van der Waals surface area contributed by atoms with Gasteiger partial charge in [-0.15, -0.1) is 0 Å². The minimum atomic E-state index is -0.0461. The van der Waals surface area contributed by atoms with Crippen molar-refractivity contribution < 1.29 is 4.98 Å². The highest BCUT2D eigenvalue weighted by Gasteiger charge is 2.27. The lowest BCUT2D eigenvalue weighted by atomic mass is 9.91. The van der Waals surface area contributed by atoms with Gasteiger partial charge in [0.25, 0.3) is 5.82 Å². The second kappa shape index (κ2) is 7.69. The molecule has 0 spiro atoms. The summed E-state index contributed by atoms with van der Waals surface area (Å²) in [5.41, 5.74) is 4.19. The summed E-state index contributed by atoms with van der Waals surface area (Å²) in [6.45, 7) is 10.5. The van der Waals surface area contributed by atoms with Crippen molar-refractivity contribution in [3.05, 3.63) is 72.7 Å². The van der Waals surface area contributed by atoms with E-state index in [4.69, 9.17) is 10.1 Å². The largest absolute Gasteiger partial charge is 0.349 e. The van der Waals surface area contributed by atoms with Crippen LogP contribution in [0.4, 0.5) is 11.6 Å². The maximum absolute atomic E-state index is 5.06. The number of piperazine rings is 1. The zero-order valence-electron chi connectivity index (χ0n) is 18.4. The molecule has 1 fully saturated rings. The minimum Gasteiger partial charge on any atom is -0.349 e. The van der Waals surface area contributed by atoms with Gasteiger partial charge in [0, 0.05) is 23.1 Å². The fourth-order valence-corrected chi connectivity index (χ4v) is 4.13. The monoisotopic (exact) mass is 413 g/mol. The lowest BCUT2D eigenvalue weighted by Crippen LogP contribution is -2.48. The number of fused-ring (bicyclic) bond motifs is 1. The summed E-state index contributed by atoms with van der Waals surface area (Å²) in [5.74, 6) is 2.29. The molecule has 0 atom stereocenters. The van der Waals surface area contributed by atoms with Crippen molar-refractivity contribution in [1.82, 2.24) is 14.6 Å². The quantitative estimate of drug-likeness (QED) is 0.512. The Labute approximate surface area is 183 Å². The molecule has 4 aromatic rings. The third-order valence-corrected chi connectivity index (χ3v) is 5.94. The van der Waals surface area contributed by atoms with Gasteiger partial charge in [0.05, 0.1) is 31.2 Å². The average molecular weight is 414 g/mol. The van der Waals surface area contributed by atoms with Gasteiger partial charge in [-0.3, -0.25) is 4.90 Å². The molecule has 4 heterocycles. The number of benzene rings is 1. The summed E-state index contributed by atoms with van der Waals surface area (Å²) in [4.78, 5) is 13.2. The Balaban J connectivity index is 1.53. The second-order valence-corrected chi connectivity index (χ2v) is 9.13. The first-order valence-corrected chi connectivity index (χ1v) is 10.9. The second-order valence-electron chi connectivity index (χ2n) is 9.13. The Morgan fingerprint density at radius 3 is 2.26 bits per heavy atom. The van der Waals surface area contributed by atoms with E-state index in [1.165, 1.54) is 5.82 Å². The Bertz CT molecular complexity index is 1170. The summed E-state index contributed by atoms with van der Waals surface area (Å²) in [5, 5.41) is 4.76. The number of pyridine rings is 1. The summed E-state index contributed by atoms with van der Waals surface area (Å²) in [6, 6.07) is 18.9. The van der Waals surface area contributed by atoms with Crippen LogP contribution < -0.4 is 14.8 Å². The lowest BCUT2D eigenvalue weighted by Gasteiger charge is -2.33. The van der Waals surface area contributed by atoms with Crippen LogP contribution in [0.2, 0.25) is 0 Å². The van der Waals surface area contributed by atoms with Crippen LogP contribution in [0, 0.1) is 0 Å². The van der Waals surface area contributed by atoms with Gasteiger partial charge >= 0.3 is 0 Å². The molecule has 1 saturated heterocycles. The fourth-order valence-electron chi connectivity index (χ4n) is 4.13. The van der Waals surface area contributed by atoms with Crippen LogP contribution in [0.1, 0.15) is 26.5 Å². The van der Waals surface area contributed by atoms with E-state index in [1.807, 2.05) is 29.0 Å². The van der Waals surface area contributed by atoms with Crippen molar-refractivity contribution in [3.8, 4) is 11.1 Å². The van der Waals surface area contributed by atoms with Gasteiger partial charge in [-0.25, -0.2) is 9.97 Å². The first-order valence-electron chi connectivity index (χ1n) is 10.9. The summed E-state index contributed by atoms with van der Waals surface area (Å²) in [7, 11) is 0. The van der Waals surface area contributed by atoms with Crippen molar-refractivity contribution in [1.29, 1.82) is 0 Å². The normalized spacial score (nSPS) is 14.9. The van der Waals surface area contributed by atoms with Crippen LogP contribution in [0.3, 0.4) is 0 Å². The van der Waals surface area contributed by atoms with Crippen molar-refractivity contribution in [2.75, 3.05) is 36.0 Å². The van der Waals surface area contributed by atoms with Gasteiger partial charge in [-0.1, -0.05) is 57.2 Å². The zero-order valence-corrected chi connectivity index (χ0v) is 18.4. The minimum absolute atomic E-state index is 0.0461. The van der Waals surface area contributed by atoms with E-state index in [0.29, 0.717) is 0 Å². The molecule has 1 aliphatic heterocycles. The number of hydrogen-bond donors (Lipinski definition) is 0. The number of aromatic amines is 1. The molecule has 5 rings (SSSR count). The molecule has 0 bridgehead atoms. The van der Waals surface area contributed by atoms with E-state index in [9.17, 15) is 0 Å². The van der Waals surface area contributed by atoms with Crippen molar-refractivity contribution in [2.24, 2.45) is 0 Å². The standard InChI is InChI=1S/C25H28N6/c1-25(2,3)21-17-23(30-15-13-29(14-16-30)22-11-7-8-12-26-22)31-24(28-21)20(18-27-31)19-9-5-4-6-10-19/h4-12,17-18H,13-16H2,1-3H3/p+1. The van der Waals surface area contributed by atoms with Crippen LogP contribution in [0.25, 0.3) is 16.8 Å². The Morgan fingerprint density at radius 1 is 0.871 bits per heavy atom. The molecule has 6 nitrogen and oxygen atoms in total. The van der Waals surface area contributed by atoms with E-state index in [0.717, 1.165) is 54.5 Å². The van der Waals surface area contributed by atoms with Gasteiger partial charge < -0.3 is 4.90 Å². The van der Waals surface area contributed by atoms with E-state index < -0.39 is 0 Å². The smallest absolute Gasteiger partial charge is 0.274 e. The molecule has 1 N–H and O–H groups in total. The molecule has 0 radical (unpaired) electrons. The molecule has 0 aliphatic carbocycles. The molecule has 0 saturated carbocycles.